The third-order valence-electron chi connectivity index (χ3n) is 4.63. The summed E-state index contributed by atoms with van der Waals surface area (Å²) in [5.41, 5.74) is 1.07. The van der Waals surface area contributed by atoms with E-state index in [-0.39, 0.29) is 11.4 Å². The first-order valence-electron chi connectivity index (χ1n) is 9.12. The Balaban J connectivity index is 2.07. The summed E-state index contributed by atoms with van der Waals surface area (Å²) in [6.07, 6.45) is -4.52. The molecular formula is C22H20F3N3O2. The minimum Gasteiger partial charge on any atom is -0.310 e. The number of benzene rings is 2. The number of carbonyl (C=O) groups excluding carboxylic acids is 1. The van der Waals surface area contributed by atoms with E-state index in [4.69, 9.17) is 0 Å². The zero-order valence-electron chi connectivity index (χ0n) is 16.9. The Morgan fingerprint density at radius 1 is 1.00 bits per heavy atom. The van der Waals surface area contributed by atoms with Gasteiger partial charge in [-0.1, -0.05) is 12.1 Å². The van der Waals surface area contributed by atoms with Crippen LogP contribution in [0.5, 0.6) is 0 Å². The number of amides is 1. The molecule has 1 aromatic heterocycles. The van der Waals surface area contributed by atoms with Crippen molar-refractivity contribution in [3.05, 3.63) is 86.8 Å². The van der Waals surface area contributed by atoms with Gasteiger partial charge in [0.15, 0.2) is 5.69 Å². The maximum absolute atomic E-state index is 13.1. The van der Waals surface area contributed by atoms with Crippen molar-refractivity contribution in [2.24, 2.45) is 0 Å². The first-order chi connectivity index (χ1) is 14.0. The van der Waals surface area contributed by atoms with Gasteiger partial charge >= 0.3 is 6.18 Å². The molecule has 0 spiro atoms. The van der Waals surface area contributed by atoms with Crippen LogP contribution in [-0.2, 0) is 6.18 Å². The van der Waals surface area contributed by atoms with Gasteiger partial charge in [-0.15, -0.1) is 0 Å². The van der Waals surface area contributed by atoms with Crippen molar-refractivity contribution in [2.45, 2.75) is 26.9 Å². The molecule has 0 fully saturated rings. The van der Waals surface area contributed by atoms with Gasteiger partial charge in [-0.3, -0.25) is 9.59 Å². The van der Waals surface area contributed by atoms with Crippen LogP contribution in [-0.4, -0.2) is 22.7 Å². The summed E-state index contributed by atoms with van der Waals surface area (Å²) in [6.45, 7) is 5.32. The number of aryl methyl sites for hydroxylation is 3. The second-order valence-corrected chi connectivity index (χ2v) is 7.17. The van der Waals surface area contributed by atoms with E-state index in [0.29, 0.717) is 11.4 Å². The average molecular weight is 415 g/mol. The first-order valence-corrected chi connectivity index (χ1v) is 9.12. The number of hydrogen-bond acceptors (Lipinski definition) is 3. The van der Waals surface area contributed by atoms with E-state index in [1.165, 1.54) is 41.8 Å². The third kappa shape index (κ3) is 4.27. The van der Waals surface area contributed by atoms with E-state index >= 15 is 0 Å². The van der Waals surface area contributed by atoms with Gasteiger partial charge in [0.25, 0.3) is 5.91 Å². The molecular weight excluding hydrogens is 395 g/mol. The number of halogens is 3. The second-order valence-electron chi connectivity index (χ2n) is 7.17. The van der Waals surface area contributed by atoms with E-state index in [0.717, 1.165) is 23.3 Å². The predicted octanol–water partition coefficient (Wildman–Crippen LogP) is 4.45. The smallest absolute Gasteiger partial charge is 0.310 e. The molecule has 1 heterocycles. The van der Waals surface area contributed by atoms with Gasteiger partial charge in [-0.2, -0.15) is 18.3 Å². The molecule has 0 aliphatic carbocycles. The number of aromatic nitrogens is 2. The molecule has 3 aromatic rings. The van der Waals surface area contributed by atoms with E-state index < -0.39 is 23.1 Å². The van der Waals surface area contributed by atoms with Gasteiger partial charge in [0, 0.05) is 24.5 Å². The van der Waals surface area contributed by atoms with Crippen molar-refractivity contribution in [3.8, 4) is 5.69 Å². The van der Waals surface area contributed by atoms with Gasteiger partial charge in [0.1, 0.15) is 0 Å². The Morgan fingerprint density at radius 3 is 2.23 bits per heavy atom. The first kappa shape index (κ1) is 21.3. The van der Waals surface area contributed by atoms with Crippen LogP contribution in [0.25, 0.3) is 5.69 Å². The molecule has 0 aliphatic rings. The van der Waals surface area contributed by atoms with Crippen LogP contribution in [0.2, 0.25) is 0 Å². The van der Waals surface area contributed by atoms with Crippen molar-refractivity contribution >= 4 is 11.6 Å². The predicted molar refractivity (Wildman–Crippen MR) is 108 cm³/mol. The summed E-state index contributed by atoms with van der Waals surface area (Å²) < 4.78 is 40.4. The highest BCUT2D eigenvalue weighted by molar-refractivity contribution is 6.04. The van der Waals surface area contributed by atoms with Gasteiger partial charge in [0.2, 0.25) is 5.43 Å². The van der Waals surface area contributed by atoms with Crippen molar-refractivity contribution in [2.75, 3.05) is 11.9 Å². The van der Waals surface area contributed by atoms with Gasteiger partial charge in [-0.25, -0.2) is 4.68 Å². The molecule has 30 heavy (non-hydrogen) atoms. The number of alkyl halides is 3. The quantitative estimate of drug-likeness (QED) is 0.635. The van der Waals surface area contributed by atoms with Crippen LogP contribution >= 0.6 is 0 Å². The Morgan fingerprint density at radius 2 is 1.63 bits per heavy atom. The van der Waals surface area contributed by atoms with Crippen molar-refractivity contribution in [1.29, 1.82) is 0 Å². The lowest BCUT2D eigenvalue weighted by molar-refractivity contribution is -0.137. The number of rotatable bonds is 3. The summed E-state index contributed by atoms with van der Waals surface area (Å²) in [5, 5.41) is 4.10. The fourth-order valence-corrected chi connectivity index (χ4v) is 3.19. The van der Waals surface area contributed by atoms with E-state index in [2.05, 4.69) is 5.10 Å². The zero-order valence-corrected chi connectivity index (χ0v) is 16.9. The Hall–Kier alpha value is -3.42. The maximum atomic E-state index is 13.1. The number of carbonyl (C=O) groups is 1. The van der Waals surface area contributed by atoms with Crippen molar-refractivity contribution in [3.63, 3.8) is 0 Å². The minimum atomic E-state index is -4.52. The lowest BCUT2D eigenvalue weighted by Gasteiger charge is -2.19. The van der Waals surface area contributed by atoms with Gasteiger partial charge in [0.05, 0.1) is 11.3 Å². The third-order valence-corrected chi connectivity index (χ3v) is 4.63. The summed E-state index contributed by atoms with van der Waals surface area (Å²) in [7, 11) is 1.52. The van der Waals surface area contributed by atoms with Crippen LogP contribution in [0, 0.1) is 20.8 Å². The second kappa shape index (κ2) is 7.78. The van der Waals surface area contributed by atoms with Gasteiger partial charge in [-0.05, 0) is 62.2 Å². The minimum absolute atomic E-state index is 0.102. The van der Waals surface area contributed by atoms with Crippen LogP contribution < -0.4 is 10.3 Å². The van der Waals surface area contributed by atoms with Crippen molar-refractivity contribution in [1.82, 2.24) is 9.78 Å². The molecule has 0 radical (unpaired) electrons. The normalized spacial score (nSPS) is 11.4. The Kier molecular flexibility index (Phi) is 5.52. The molecule has 0 aliphatic heterocycles. The summed E-state index contributed by atoms with van der Waals surface area (Å²) >= 11 is 0. The van der Waals surface area contributed by atoms with Crippen LogP contribution in [0.4, 0.5) is 18.9 Å². The molecule has 3 rings (SSSR count). The zero-order chi connectivity index (χ0) is 22.2. The summed E-state index contributed by atoms with van der Waals surface area (Å²) in [6, 6.07) is 11.3. The number of nitrogens with zero attached hydrogens (tertiary/aromatic N) is 3. The fraction of sp³-hybridized carbons (Fsp3) is 0.227. The standard InChI is InChI=1S/C22H20F3N3O2/c1-13-8-14(2)10-18(9-13)27(4)21(30)20-19(29)11-15(3)28(26-20)17-7-5-6-16(12-17)22(23,24)25/h5-12H,1-4H3. The molecule has 2 aromatic carbocycles. The molecule has 0 bridgehead atoms. The van der Waals surface area contributed by atoms with Crippen LogP contribution in [0.1, 0.15) is 32.9 Å². The highest BCUT2D eigenvalue weighted by atomic mass is 19.4. The largest absolute Gasteiger partial charge is 0.416 e. The molecule has 0 saturated heterocycles. The molecule has 0 saturated carbocycles. The highest BCUT2D eigenvalue weighted by Crippen LogP contribution is 2.30. The van der Waals surface area contributed by atoms with Crippen LogP contribution in [0.15, 0.2) is 53.3 Å². The molecule has 1 amide bonds. The monoisotopic (exact) mass is 415 g/mol. The summed E-state index contributed by atoms with van der Waals surface area (Å²) in [4.78, 5) is 26.7. The fourth-order valence-electron chi connectivity index (χ4n) is 3.19. The van der Waals surface area contributed by atoms with Crippen molar-refractivity contribution < 1.29 is 18.0 Å². The van der Waals surface area contributed by atoms with Crippen LogP contribution in [0.3, 0.4) is 0 Å². The molecule has 8 heteroatoms. The Labute approximate surface area is 171 Å². The Bertz CT molecular complexity index is 1160. The van der Waals surface area contributed by atoms with E-state index in [1.54, 1.807) is 12.1 Å². The van der Waals surface area contributed by atoms with E-state index in [9.17, 15) is 22.8 Å². The lowest BCUT2D eigenvalue weighted by Crippen LogP contribution is -2.33. The lowest BCUT2D eigenvalue weighted by atomic mass is 10.1. The molecule has 0 unspecified atom stereocenters. The molecule has 0 N–H and O–H groups in total. The average Bonchev–Trinajstić information content (AvgIpc) is 2.65. The van der Waals surface area contributed by atoms with Gasteiger partial charge < -0.3 is 4.90 Å². The molecule has 156 valence electrons. The topological polar surface area (TPSA) is 55.2 Å². The summed E-state index contributed by atoms with van der Waals surface area (Å²) in [5.74, 6) is -0.647. The molecule has 0 atom stereocenters. The number of hydrogen-bond donors (Lipinski definition) is 0. The maximum Gasteiger partial charge on any atom is 0.416 e. The van der Waals surface area contributed by atoms with E-state index in [1.807, 2.05) is 19.9 Å². The highest BCUT2D eigenvalue weighted by Gasteiger charge is 2.30. The SMILES string of the molecule is Cc1cc(C)cc(N(C)C(=O)c2nn(-c3cccc(C(F)(F)F)c3)c(C)cc2=O)c1. The number of anilines is 1. The molecule has 5 nitrogen and oxygen atoms in total.